The van der Waals surface area contributed by atoms with Crippen LogP contribution in [-0.2, 0) is 4.79 Å². The number of carbonyl (C=O) groups excluding carboxylic acids is 1. The summed E-state index contributed by atoms with van der Waals surface area (Å²) in [4.78, 5) is 11.0. The largest absolute Gasteiger partial charge is 0.368 e. The maximum absolute atomic E-state index is 11.0. The molecule has 4 heteroatoms. The van der Waals surface area contributed by atoms with E-state index < -0.39 is 0 Å². The molecule has 0 fully saturated rings. The van der Waals surface area contributed by atoms with Crippen molar-refractivity contribution in [2.45, 2.75) is 45.6 Å². The highest BCUT2D eigenvalue weighted by atomic mass is 16.1. The summed E-state index contributed by atoms with van der Waals surface area (Å²) in [6, 6.07) is 1.91. The van der Waals surface area contributed by atoms with E-state index in [1.807, 2.05) is 6.92 Å². The molecule has 0 aliphatic heterocycles. The van der Waals surface area contributed by atoms with Crippen molar-refractivity contribution in [3.8, 4) is 6.07 Å². The first-order chi connectivity index (χ1) is 7.15. The first-order valence-electron chi connectivity index (χ1n) is 5.55. The summed E-state index contributed by atoms with van der Waals surface area (Å²) in [5, 5.41) is 11.7. The van der Waals surface area contributed by atoms with Crippen molar-refractivity contribution in [1.82, 2.24) is 5.32 Å². The number of carbonyl (C=O) groups is 1. The molecule has 2 atom stereocenters. The Morgan fingerprint density at radius 3 is 2.60 bits per heavy atom. The van der Waals surface area contributed by atoms with Gasteiger partial charge < -0.3 is 11.1 Å². The number of primary amides is 1. The summed E-state index contributed by atoms with van der Waals surface area (Å²) in [5.74, 6) is 0.0121. The quantitative estimate of drug-likeness (QED) is 0.632. The third-order valence-corrected chi connectivity index (χ3v) is 2.48. The van der Waals surface area contributed by atoms with Crippen LogP contribution in [0.4, 0.5) is 0 Å². The zero-order valence-electron chi connectivity index (χ0n) is 9.62. The predicted octanol–water partition coefficient (Wildman–Crippen LogP) is 1.17. The van der Waals surface area contributed by atoms with E-state index in [1.54, 1.807) is 0 Å². The molecule has 1 unspecified atom stereocenters. The number of nitriles is 1. The monoisotopic (exact) mass is 211 g/mol. The van der Waals surface area contributed by atoms with Crippen LogP contribution >= 0.6 is 0 Å². The van der Waals surface area contributed by atoms with Crippen LogP contribution in [0.15, 0.2) is 0 Å². The second kappa shape index (κ2) is 8.25. The summed E-state index contributed by atoms with van der Waals surface area (Å²) in [6.45, 7) is 4.71. The Kier molecular flexibility index (Phi) is 7.65. The van der Waals surface area contributed by atoms with Crippen molar-refractivity contribution in [3.63, 3.8) is 0 Å². The van der Waals surface area contributed by atoms with E-state index in [4.69, 9.17) is 11.0 Å². The van der Waals surface area contributed by atoms with E-state index >= 15 is 0 Å². The molecule has 0 aromatic rings. The fourth-order valence-electron chi connectivity index (χ4n) is 1.57. The van der Waals surface area contributed by atoms with Crippen LogP contribution in [0.2, 0.25) is 0 Å². The molecule has 0 rings (SSSR count). The van der Waals surface area contributed by atoms with Gasteiger partial charge in [0.05, 0.1) is 12.1 Å². The number of amides is 1. The SMILES string of the molecule is CCCC(CC#N)CN[C@@H](CC)C(N)=O. The van der Waals surface area contributed by atoms with Crippen molar-refractivity contribution in [2.24, 2.45) is 11.7 Å². The molecule has 0 heterocycles. The van der Waals surface area contributed by atoms with Gasteiger partial charge in [0.2, 0.25) is 5.91 Å². The average Bonchev–Trinajstić information content (AvgIpc) is 2.18. The Bertz CT molecular complexity index is 222. The first kappa shape index (κ1) is 13.9. The minimum absolute atomic E-state index is 0.261. The lowest BCUT2D eigenvalue weighted by Gasteiger charge is -2.18. The highest BCUT2D eigenvalue weighted by Crippen LogP contribution is 2.09. The van der Waals surface area contributed by atoms with Gasteiger partial charge in [-0.2, -0.15) is 5.26 Å². The smallest absolute Gasteiger partial charge is 0.234 e. The van der Waals surface area contributed by atoms with Crippen LogP contribution in [0, 0.1) is 17.2 Å². The molecule has 4 nitrogen and oxygen atoms in total. The molecule has 0 saturated heterocycles. The molecule has 1 amide bonds. The zero-order valence-corrected chi connectivity index (χ0v) is 9.62. The average molecular weight is 211 g/mol. The van der Waals surface area contributed by atoms with Crippen LogP contribution in [-0.4, -0.2) is 18.5 Å². The van der Waals surface area contributed by atoms with Gasteiger partial charge >= 0.3 is 0 Å². The molecule has 0 saturated carbocycles. The lowest BCUT2D eigenvalue weighted by atomic mass is 10.00. The standard InChI is InChI=1S/C11H21N3O/c1-3-5-9(6-7-12)8-14-10(4-2)11(13)15/h9-10,14H,3-6,8H2,1-2H3,(H2,13,15)/t9?,10-/m0/s1. The van der Waals surface area contributed by atoms with Crippen molar-refractivity contribution in [3.05, 3.63) is 0 Å². The van der Waals surface area contributed by atoms with Crippen LogP contribution in [0.5, 0.6) is 0 Å². The van der Waals surface area contributed by atoms with Crippen LogP contribution in [0.25, 0.3) is 0 Å². The number of nitrogens with one attached hydrogen (secondary N) is 1. The third kappa shape index (κ3) is 6.08. The van der Waals surface area contributed by atoms with Gasteiger partial charge in [-0.1, -0.05) is 20.3 Å². The topological polar surface area (TPSA) is 78.9 Å². The number of rotatable bonds is 8. The van der Waals surface area contributed by atoms with Gasteiger partial charge in [-0.15, -0.1) is 0 Å². The van der Waals surface area contributed by atoms with Gasteiger partial charge in [0.25, 0.3) is 0 Å². The highest BCUT2D eigenvalue weighted by Gasteiger charge is 2.14. The van der Waals surface area contributed by atoms with E-state index in [9.17, 15) is 4.79 Å². The summed E-state index contributed by atoms with van der Waals surface area (Å²) >= 11 is 0. The summed E-state index contributed by atoms with van der Waals surface area (Å²) in [7, 11) is 0. The molecule has 0 aromatic heterocycles. The zero-order chi connectivity index (χ0) is 11.7. The molecular formula is C11H21N3O. The molecule has 0 spiro atoms. The van der Waals surface area contributed by atoms with Crippen LogP contribution in [0.3, 0.4) is 0 Å². The second-order valence-electron chi connectivity index (χ2n) is 3.79. The number of nitrogens with zero attached hydrogens (tertiary/aromatic N) is 1. The van der Waals surface area contributed by atoms with Crippen molar-refractivity contribution in [1.29, 1.82) is 5.26 Å². The van der Waals surface area contributed by atoms with Gasteiger partial charge in [-0.3, -0.25) is 4.79 Å². The first-order valence-corrected chi connectivity index (χ1v) is 5.55. The molecular weight excluding hydrogens is 190 g/mol. The predicted molar refractivity (Wildman–Crippen MR) is 59.9 cm³/mol. The Labute approximate surface area is 91.8 Å². The van der Waals surface area contributed by atoms with Gasteiger partial charge in [0, 0.05) is 6.42 Å². The molecule has 0 aromatic carbocycles. The van der Waals surface area contributed by atoms with Gasteiger partial charge in [0.15, 0.2) is 0 Å². The Morgan fingerprint density at radius 1 is 1.53 bits per heavy atom. The van der Waals surface area contributed by atoms with Gasteiger partial charge in [-0.25, -0.2) is 0 Å². The highest BCUT2D eigenvalue weighted by molar-refractivity contribution is 5.79. The van der Waals surface area contributed by atoms with Gasteiger partial charge in [-0.05, 0) is 25.3 Å². The lowest BCUT2D eigenvalue weighted by molar-refractivity contribution is -0.120. The number of hydrogen-bond acceptors (Lipinski definition) is 3. The molecule has 0 aliphatic rings. The summed E-state index contributed by atoms with van der Waals surface area (Å²) < 4.78 is 0. The Balaban J connectivity index is 3.96. The van der Waals surface area contributed by atoms with E-state index in [0.717, 1.165) is 12.8 Å². The Morgan fingerprint density at radius 2 is 2.20 bits per heavy atom. The molecule has 0 radical (unpaired) electrons. The molecule has 15 heavy (non-hydrogen) atoms. The van der Waals surface area contributed by atoms with Crippen molar-refractivity contribution < 1.29 is 4.79 Å². The van der Waals surface area contributed by atoms with Gasteiger partial charge in [0.1, 0.15) is 0 Å². The number of hydrogen-bond donors (Lipinski definition) is 2. The summed E-state index contributed by atoms with van der Waals surface area (Å²) in [6.07, 6.45) is 3.30. The lowest BCUT2D eigenvalue weighted by Crippen LogP contribution is -2.42. The normalized spacial score (nSPS) is 14.2. The number of nitrogens with two attached hydrogens (primary N) is 1. The minimum atomic E-state index is -0.315. The minimum Gasteiger partial charge on any atom is -0.368 e. The molecule has 3 N–H and O–H groups in total. The fourth-order valence-corrected chi connectivity index (χ4v) is 1.57. The maximum atomic E-state index is 11.0. The van der Waals surface area contributed by atoms with E-state index in [1.165, 1.54) is 0 Å². The van der Waals surface area contributed by atoms with Crippen molar-refractivity contribution in [2.75, 3.05) is 6.54 Å². The van der Waals surface area contributed by atoms with E-state index in [0.29, 0.717) is 25.3 Å². The van der Waals surface area contributed by atoms with Crippen LogP contribution in [0.1, 0.15) is 39.5 Å². The molecule has 86 valence electrons. The maximum Gasteiger partial charge on any atom is 0.234 e. The third-order valence-electron chi connectivity index (χ3n) is 2.48. The van der Waals surface area contributed by atoms with Crippen LogP contribution < -0.4 is 11.1 Å². The molecule has 0 aliphatic carbocycles. The van der Waals surface area contributed by atoms with E-state index in [2.05, 4.69) is 18.3 Å². The van der Waals surface area contributed by atoms with Crippen molar-refractivity contribution >= 4 is 5.91 Å². The second-order valence-corrected chi connectivity index (χ2v) is 3.79. The molecule has 0 bridgehead atoms. The fraction of sp³-hybridized carbons (Fsp3) is 0.818. The van der Waals surface area contributed by atoms with E-state index in [-0.39, 0.29) is 11.9 Å². The Hall–Kier alpha value is -1.08. The summed E-state index contributed by atoms with van der Waals surface area (Å²) in [5.41, 5.74) is 5.21.